The highest BCUT2D eigenvalue weighted by Crippen LogP contribution is 2.31. The predicted octanol–water partition coefficient (Wildman–Crippen LogP) is 4.93. The van der Waals surface area contributed by atoms with Gasteiger partial charge in [-0.15, -0.1) is 0 Å². The quantitative estimate of drug-likeness (QED) is 0.670. The lowest BCUT2D eigenvalue weighted by atomic mass is 10.2. The Hall–Kier alpha value is -2.18. The molecular formula is C18H15Cl2F2N3O. The van der Waals surface area contributed by atoms with Crippen molar-refractivity contribution in [3.8, 4) is 0 Å². The van der Waals surface area contributed by atoms with Crippen molar-refractivity contribution in [3.63, 3.8) is 0 Å². The van der Waals surface area contributed by atoms with Gasteiger partial charge in [0, 0.05) is 37.0 Å². The molecule has 26 heavy (non-hydrogen) atoms. The van der Waals surface area contributed by atoms with Gasteiger partial charge in [0.1, 0.15) is 22.5 Å². The first-order chi connectivity index (χ1) is 12.4. The van der Waals surface area contributed by atoms with Crippen LogP contribution in [0.3, 0.4) is 0 Å². The highest BCUT2D eigenvalue weighted by molar-refractivity contribution is 6.34. The number of halogens is 4. The molecule has 0 bridgehead atoms. The summed E-state index contributed by atoms with van der Waals surface area (Å²) >= 11 is 12.1. The van der Waals surface area contributed by atoms with E-state index in [1.165, 1.54) is 6.20 Å². The molecule has 0 radical (unpaired) electrons. The van der Waals surface area contributed by atoms with Crippen molar-refractivity contribution in [2.45, 2.75) is 13.3 Å². The minimum atomic E-state index is -0.698. The SMILES string of the molecule is CC1=CC(OCCc2ncc(F)cc2F)=CCN1c1cc(Cl)ncc1Cl. The molecule has 0 amide bonds. The summed E-state index contributed by atoms with van der Waals surface area (Å²) in [6, 6.07) is 2.51. The summed E-state index contributed by atoms with van der Waals surface area (Å²) in [6.07, 6.45) is 6.47. The van der Waals surface area contributed by atoms with Crippen LogP contribution in [-0.2, 0) is 11.2 Å². The molecular weight excluding hydrogens is 383 g/mol. The molecule has 4 nitrogen and oxygen atoms in total. The Morgan fingerprint density at radius 1 is 1.19 bits per heavy atom. The molecule has 136 valence electrons. The number of nitrogens with zero attached hydrogens (tertiary/aromatic N) is 3. The van der Waals surface area contributed by atoms with Crippen LogP contribution in [-0.4, -0.2) is 23.1 Å². The van der Waals surface area contributed by atoms with Gasteiger partial charge in [0.25, 0.3) is 0 Å². The second-order valence-corrected chi connectivity index (χ2v) is 6.44. The highest BCUT2D eigenvalue weighted by Gasteiger charge is 2.17. The van der Waals surface area contributed by atoms with E-state index in [1.54, 1.807) is 6.07 Å². The lowest BCUT2D eigenvalue weighted by molar-refractivity contribution is 0.224. The zero-order chi connectivity index (χ0) is 18.7. The Morgan fingerprint density at radius 2 is 2.00 bits per heavy atom. The van der Waals surface area contributed by atoms with E-state index >= 15 is 0 Å². The maximum Gasteiger partial charge on any atom is 0.147 e. The zero-order valence-corrected chi connectivity index (χ0v) is 15.4. The summed E-state index contributed by atoms with van der Waals surface area (Å²) in [6.45, 7) is 2.69. The van der Waals surface area contributed by atoms with Crippen LogP contribution in [0.2, 0.25) is 10.2 Å². The average Bonchev–Trinajstić information content (AvgIpc) is 2.59. The molecule has 2 aromatic heterocycles. The van der Waals surface area contributed by atoms with Crippen LogP contribution in [0, 0.1) is 11.6 Å². The Bertz CT molecular complexity index is 887. The highest BCUT2D eigenvalue weighted by atomic mass is 35.5. The maximum atomic E-state index is 13.6. The number of anilines is 1. The van der Waals surface area contributed by atoms with Crippen molar-refractivity contribution in [3.05, 3.63) is 75.6 Å². The third-order valence-corrected chi connectivity index (χ3v) is 4.33. The van der Waals surface area contributed by atoms with Gasteiger partial charge in [-0.2, -0.15) is 0 Å². The Morgan fingerprint density at radius 3 is 2.73 bits per heavy atom. The van der Waals surface area contributed by atoms with Crippen molar-refractivity contribution in [1.82, 2.24) is 9.97 Å². The minimum Gasteiger partial charge on any atom is -0.493 e. The molecule has 0 atom stereocenters. The predicted molar refractivity (Wildman–Crippen MR) is 97.3 cm³/mol. The number of rotatable bonds is 5. The summed E-state index contributed by atoms with van der Waals surface area (Å²) < 4.78 is 32.1. The molecule has 0 aliphatic carbocycles. The normalized spacial score (nSPS) is 14.1. The third-order valence-electron chi connectivity index (χ3n) is 3.84. The van der Waals surface area contributed by atoms with E-state index in [4.69, 9.17) is 27.9 Å². The molecule has 0 saturated heterocycles. The monoisotopic (exact) mass is 397 g/mol. The van der Waals surface area contributed by atoms with Crippen LogP contribution in [0.4, 0.5) is 14.5 Å². The van der Waals surface area contributed by atoms with Gasteiger partial charge in [-0.3, -0.25) is 4.98 Å². The summed E-state index contributed by atoms with van der Waals surface area (Å²) in [4.78, 5) is 9.66. The van der Waals surface area contributed by atoms with Crippen LogP contribution in [0.25, 0.3) is 0 Å². The van der Waals surface area contributed by atoms with Crippen molar-refractivity contribution in [1.29, 1.82) is 0 Å². The first-order valence-electron chi connectivity index (χ1n) is 7.84. The molecule has 0 fully saturated rings. The second-order valence-electron chi connectivity index (χ2n) is 5.64. The van der Waals surface area contributed by atoms with Gasteiger partial charge in [0.15, 0.2) is 0 Å². The van der Waals surface area contributed by atoms with Gasteiger partial charge in [0.05, 0.1) is 29.2 Å². The van der Waals surface area contributed by atoms with Crippen molar-refractivity contribution in [2.75, 3.05) is 18.1 Å². The van der Waals surface area contributed by atoms with E-state index in [-0.39, 0.29) is 18.7 Å². The van der Waals surface area contributed by atoms with Gasteiger partial charge in [-0.25, -0.2) is 13.8 Å². The Kier molecular flexibility index (Phi) is 5.74. The van der Waals surface area contributed by atoms with Crippen LogP contribution in [0.1, 0.15) is 12.6 Å². The fourth-order valence-corrected chi connectivity index (χ4v) is 2.92. The second kappa shape index (κ2) is 8.01. The topological polar surface area (TPSA) is 38.2 Å². The molecule has 2 aromatic rings. The first-order valence-corrected chi connectivity index (χ1v) is 8.59. The number of hydrogen-bond donors (Lipinski definition) is 0. The van der Waals surface area contributed by atoms with Gasteiger partial charge < -0.3 is 9.64 Å². The Balaban J connectivity index is 1.62. The molecule has 8 heteroatoms. The summed E-state index contributed by atoms with van der Waals surface area (Å²) in [5.74, 6) is -0.707. The van der Waals surface area contributed by atoms with Crippen LogP contribution in [0.5, 0.6) is 0 Å². The molecule has 3 rings (SSSR count). The van der Waals surface area contributed by atoms with Gasteiger partial charge >= 0.3 is 0 Å². The smallest absolute Gasteiger partial charge is 0.147 e. The van der Waals surface area contributed by atoms with Crippen LogP contribution in [0.15, 0.2) is 48.1 Å². The maximum absolute atomic E-state index is 13.6. The van der Waals surface area contributed by atoms with Gasteiger partial charge in [0.2, 0.25) is 0 Å². The fourth-order valence-electron chi connectivity index (χ4n) is 2.56. The van der Waals surface area contributed by atoms with Crippen molar-refractivity contribution >= 4 is 28.9 Å². The molecule has 1 aliphatic heterocycles. The zero-order valence-electron chi connectivity index (χ0n) is 13.8. The standard InChI is InChI=1S/C18H15Cl2F2N3O/c1-11-6-13(26-5-3-16-15(22)7-12(21)9-23-16)2-4-25(11)17-8-18(20)24-10-14(17)19/h2,6-10H,3-5H2,1H3. The van der Waals surface area contributed by atoms with Gasteiger partial charge in [-0.05, 0) is 19.1 Å². The molecule has 0 aromatic carbocycles. The first kappa shape index (κ1) is 18.6. The Labute approximate surface area is 159 Å². The average molecular weight is 398 g/mol. The number of ether oxygens (including phenoxy) is 1. The van der Waals surface area contributed by atoms with E-state index in [1.807, 2.05) is 24.0 Å². The molecule has 0 unspecified atom stereocenters. The molecule has 3 heterocycles. The fraction of sp³-hybridized carbons (Fsp3) is 0.222. The number of hydrogen-bond acceptors (Lipinski definition) is 4. The molecule has 1 aliphatic rings. The number of pyridine rings is 2. The van der Waals surface area contributed by atoms with E-state index < -0.39 is 11.6 Å². The van der Waals surface area contributed by atoms with E-state index in [9.17, 15) is 8.78 Å². The lowest BCUT2D eigenvalue weighted by Gasteiger charge is -2.28. The van der Waals surface area contributed by atoms with Crippen molar-refractivity contribution in [2.24, 2.45) is 0 Å². The minimum absolute atomic E-state index is 0.170. The van der Waals surface area contributed by atoms with E-state index in [0.717, 1.165) is 23.6 Å². The third kappa shape index (κ3) is 4.31. The largest absolute Gasteiger partial charge is 0.493 e. The van der Waals surface area contributed by atoms with Gasteiger partial charge in [-0.1, -0.05) is 23.2 Å². The summed E-state index contributed by atoms with van der Waals surface area (Å²) in [5.41, 5.74) is 1.84. The molecule has 0 spiro atoms. The molecule has 0 saturated carbocycles. The van der Waals surface area contributed by atoms with Crippen molar-refractivity contribution < 1.29 is 13.5 Å². The lowest BCUT2D eigenvalue weighted by Crippen LogP contribution is -2.25. The summed E-state index contributed by atoms with van der Waals surface area (Å²) in [7, 11) is 0. The van der Waals surface area contributed by atoms with Crippen LogP contribution < -0.4 is 4.90 Å². The molecule has 0 N–H and O–H groups in total. The summed E-state index contributed by atoms with van der Waals surface area (Å²) in [5, 5.41) is 0.856. The van der Waals surface area contributed by atoms with E-state index in [2.05, 4.69) is 9.97 Å². The number of aromatic nitrogens is 2. The van der Waals surface area contributed by atoms with E-state index in [0.29, 0.717) is 22.5 Å². The number of allylic oxidation sites excluding steroid dienone is 2. The van der Waals surface area contributed by atoms with Crippen LogP contribution >= 0.6 is 23.2 Å².